The van der Waals surface area contributed by atoms with Gasteiger partial charge in [-0.15, -0.1) is 11.8 Å². The van der Waals surface area contributed by atoms with Crippen molar-refractivity contribution in [1.29, 1.82) is 0 Å². The van der Waals surface area contributed by atoms with Crippen molar-refractivity contribution in [3.05, 3.63) is 64.0 Å². The third-order valence-electron chi connectivity index (χ3n) is 5.41. The molecule has 1 fully saturated rings. The summed E-state index contributed by atoms with van der Waals surface area (Å²) in [5, 5.41) is 14.2. The Kier molecular flexibility index (Phi) is 8.17. The molecular weight excluding hydrogens is 462 g/mol. The number of thioether (sulfide) groups is 1. The Morgan fingerprint density at radius 2 is 1.82 bits per heavy atom. The molecule has 178 valence electrons. The number of halogens is 4. The zero-order valence-electron chi connectivity index (χ0n) is 17.6. The average Bonchev–Trinajstić information content (AvgIpc) is 2.79. The van der Waals surface area contributed by atoms with Crippen molar-refractivity contribution in [3.8, 4) is 0 Å². The molecule has 0 unspecified atom stereocenters. The molecule has 0 aliphatic carbocycles. The fourth-order valence-electron chi connectivity index (χ4n) is 3.64. The second-order valence-corrected chi connectivity index (χ2v) is 8.83. The zero-order valence-corrected chi connectivity index (χ0v) is 18.4. The maximum atomic E-state index is 12.9. The minimum Gasteiger partial charge on any atom is -0.366 e. The SMILES string of the molecule is O=C(NCCCSc1ccc(F)cc1)C1CCN(c2ccc(C(F)(F)F)cc2[N+](=O)[O-])CC1. The van der Waals surface area contributed by atoms with E-state index in [0.717, 1.165) is 29.2 Å². The molecule has 2 aromatic rings. The number of carbonyl (C=O) groups is 1. The van der Waals surface area contributed by atoms with Crippen LogP contribution in [-0.2, 0) is 11.0 Å². The molecule has 0 radical (unpaired) electrons. The molecule has 33 heavy (non-hydrogen) atoms. The maximum Gasteiger partial charge on any atom is 0.416 e. The summed E-state index contributed by atoms with van der Waals surface area (Å²) >= 11 is 1.57. The van der Waals surface area contributed by atoms with Crippen LogP contribution < -0.4 is 10.2 Å². The summed E-state index contributed by atoms with van der Waals surface area (Å²) in [7, 11) is 0. The van der Waals surface area contributed by atoms with Crippen LogP contribution in [0.25, 0.3) is 0 Å². The number of benzene rings is 2. The molecule has 1 N–H and O–H groups in total. The first-order valence-electron chi connectivity index (χ1n) is 10.4. The smallest absolute Gasteiger partial charge is 0.366 e. The van der Waals surface area contributed by atoms with Crippen molar-refractivity contribution in [2.24, 2.45) is 5.92 Å². The van der Waals surface area contributed by atoms with Gasteiger partial charge in [0.15, 0.2) is 0 Å². The summed E-state index contributed by atoms with van der Waals surface area (Å²) in [6.07, 6.45) is -3.01. The van der Waals surface area contributed by atoms with E-state index in [4.69, 9.17) is 0 Å². The largest absolute Gasteiger partial charge is 0.416 e. The highest BCUT2D eigenvalue weighted by Crippen LogP contribution is 2.37. The molecule has 1 aliphatic heterocycles. The van der Waals surface area contributed by atoms with Crippen LogP contribution in [0.5, 0.6) is 0 Å². The van der Waals surface area contributed by atoms with Gasteiger partial charge in [-0.25, -0.2) is 4.39 Å². The number of hydrogen-bond acceptors (Lipinski definition) is 5. The molecule has 2 aromatic carbocycles. The van der Waals surface area contributed by atoms with Crippen LogP contribution in [0.15, 0.2) is 47.4 Å². The third kappa shape index (κ3) is 6.83. The number of piperidine rings is 1. The van der Waals surface area contributed by atoms with Gasteiger partial charge >= 0.3 is 6.18 Å². The Hall–Kier alpha value is -2.82. The minimum absolute atomic E-state index is 0.0941. The number of anilines is 1. The first-order valence-corrected chi connectivity index (χ1v) is 11.4. The van der Waals surface area contributed by atoms with Gasteiger partial charge in [0.1, 0.15) is 11.5 Å². The van der Waals surface area contributed by atoms with Crippen LogP contribution in [0.3, 0.4) is 0 Å². The van der Waals surface area contributed by atoms with Gasteiger partial charge in [-0.3, -0.25) is 14.9 Å². The van der Waals surface area contributed by atoms with Crippen molar-refractivity contribution >= 4 is 29.0 Å². The molecule has 0 atom stereocenters. The molecule has 0 saturated carbocycles. The fourth-order valence-corrected chi connectivity index (χ4v) is 4.50. The number of nitrogens with zero attached hydrogens (tertiary/aromatic N) is 2. The van der Waals surface area contributed by atoms with E-state index in [0.29, 0.717) is 38.5 Å². The number of nitro benzene ring substituents is 1. The lowest BCUT2D eigenvalue weighted by atomic mass is 9.95. The van der Waals surface area contributed by atoms with E-state index < -0.39 is 22.4 Å². The predicted molar refractivity (Wildman–Crippen MR) is 118 cm³/mol. The first-order chi connectivity index (χ1) is 15.6. The van der Waals surface area contributed by atoms with Gasteiger partial charge in [0.2, 0.25) is 5.91 Å². The van der Waals surface area contributed by atoms with Crippen LogP contribution in [0.4, 0.5) is 28.9 Å². The first kappa shape index (κ1) is 24.8. The minimum atomic E-state index is -4.66. The highest BCUT2D eigenvalue weighted by atomic mass is 32.2. The number of nitro groups is 1. The number of carbonyl (C=O) groups excluding carboxylic acids is 1. The summed E-state index contributed by atoms with van der Waals surface area (Å²) in [5.41, 5.74) is -1.53. The topological polar surface area (TPSA) is 75.5 Å². The average molecular weight is 486 g/mol. The molecule has 1 saturated heterocycles. The van der Waals surface area contributed by atoms with Crippen molar-refractivity contribution in [2.45, 2.75) is 30.3 Å². The van der Waals surface area contributed by atoms with E-state index >= 15 is 0 Å². The van der Waals surface area contributed by atoms with Crippen LogP contribution >= 0.6 is 11.8 Å². The van der Waals surface area contributed by atoms with Crippen molar-refractivity contribution in [1.82, 2.24) is 5.32 Å². The second-order valence-electron chi connectivity index (χ2n) is 7.67. The molecule has 11 heteroatoms. The monoisotopic (exact) mass is 485 g/mol. The second kappa shape index (κ2) is 10.9. The van der Waals surface area contributed by atoms with Gasteiger partial charge in [0.25, 0.3) is 5.69 Å². The number of amides is 1. The Balaban J connectivity index is 1.46. The lowest BCUT2D eigenvalue weighted by Gasteiger charge is -2.32. The highest BCUT2D eigenvalue weighted by Gasteiger charge is 2.34. The molecule has 0 aromatic heterocycles. The molecule has 0 bridgehead atoms. The van der Waals surface area contributed by atoms with Crippen LogP contribution in [0, 0.1) is 21.8 Å². The molecule has 6 nitrogen and oxygen atoms in total. The quantitative estimate of drug-likeness (QED) is 0.181. The summed E-state index contributed by atoms with van der Waals surface area (Å²) in [6.45, 7) is 1.17. The van der Waals surface area contributed by atoms with Gasteiger partial charge < -0.3 is 10.2 Å². The molecule has 1 aliphatic rings. The van der Waals surface area contributed by atoms with Crippen molar-refractivity contribution < 1.29 is 27.3 Å². The van der Waals surface area contributed by atoms with Crippen LogP contribution in [0.2, 0.25) is 0 Å². The van der Waals surface area contributed by atoms with E-state index in [1.807, 2.05) is 0 Å². The predicted octanol–water partition coefficient (Wildman–Crippen LogP) is 5.27. The van der Waals surface area contributed by atoms with E-state index in [1.54, 1.807) is 28.8 Å². The Bertz CT molecular complexity index is 978. The number of hydrogen-bond donors (Lipinski definition) is 1. The Morgan fingerprint density at radius 3 is 2.42 bits per heavy atom. The summed E-state index contributed by atoms with van der Waals surface area (Å²) in [4.78, 5) is 25.5. The molecule has 0 spiro atoms. The Labute approximate surface area is 192 Å². The summed E-state index contributed by atoms with van der Waals surface area (Å²) in [5.74, 6) is 0.135. The maximum absolute atomic E-state index is 12.9. The fraction of sp³-hybridized carbons (Fsp3) is 0.409. The number of alkyl halides is 3. The van der Waals surface area contributed by atoms with E-state index in [-0.39, 0.29) is 23.3 Å². The highest BCUT2D eigenvalue weighted by molar-refractivity contribution is 7.99. The lowest BCUT2D eigenvalue weighted by molar-refractivity contribution is -0.384. The normalized spacial score (nSPS) is 14.8. The summed E-state index contributed by atoms with van der Waals surface area (Å²) < 4.78 is 51.6. The van der Waals surface area contributed by atoms with Gasteiger partial charge in [-0.1, -0.05) is 0 Å². The number of rotatable bonds is 8. The van der Waals surface area contributed by atoms with Crippen LogP contribution in [0.1, 0.15) is 24.8 Å². The van der Waals surface area contributed by atoms with Crippen LogP contribution in [-0.4, -0.2) is 36.2 Å². The lowest BCUT2D eigenvalue weighted by Crippen LogP contribution is -2.41. The van der Waals surface area contributed by atoms with Gasteiger partial charge in [-0.05, 0) is 61.4 Å². The van der Waals surface area contributed by atoms with Gasteiger partial charge in [0, 0.05) is 36.5 Å². The Morgan fingerprint density at radius 1 is 1.15 bits per heavy atom. The number of nitrogens with one attached hydrogen (secondary N) is 1. The van der Waals surface area contributed by atoms with Gasteiger partial charge in [0.05, 0.1) is 10.5 Å². The van der Waals surface area contributed by atoms with E-state index in [9.17, 15) is 32.5 Å². The molecule has 1 heterocycles. The zero-order chi connectivity index (χ0) is 24.0. The van der Waals surface area contributed by atoms with Gasteiger partial charge in [-0.2, -0.15) is 13.2 Å². The standard InChI is InChI=1S/C22H23F4N3O3S/c23-17-3-5-18(6-4-17)33-13-1-10-27-21(30)15-8-11-28(12-9-15)19-7-2-16(22(24,25)26)14-20(19)29(31)32/h2-7,14-15H,1,8-13H2,(H,27,30). The summed E-state index contributed by atoms with van der Waals surface area (Å²) in [6, 6.07) is 8.72. The third-order valence-corrected chi connectivity index (χ3v) is 6.51. The van der Waals surface area contributed by atoms with Crippen molar-refractivity contribution in [2.75, 3.05) is 30.3 Å². The van der Waals surface area contributed by atoms with E-state index in [1.165, 1.54) is 12.1 Å². The molecule has 1 amide bonds. The molecular formula is C22H23F4N3O3S. The van der Waals surface area contributed by atoms with Crippen molar-refractivity contribution in [3.63, 3.8) is 0 Å². The molecule has 3 rings (SSSR count). The van der Waals surface area contributed by atoms with E-state index in [2.05, 4.69) is 5.32 Å².